The number of anilines is 1. The van der Waals surface area contributed by atoms with Crippen molar-refractivity contribution in [1.82, 2.24) is 4.90 Å². The Bertz CT molecular complexity index is 742. The summed E-state index contributed by atoms with van der Waals surface area (Å²) < 4.78 is 0. The minimum Gasteiger partial charge on any atom is -0.326 e. The SMILES string of the molecule is O=C(CCN1C(=O)C2CC=CCC2C1=O)Nc1ccc2c(c1)CCC2. The Hall–Kier alpha value is -2.43. The molecule has 3 aliphatic rings. The highest BCUT2D eigenvalue weighted by atomic mass is 16.2. The number of hydrogen-bond donors (Lipinski definition) is 1. The summed E-state index contributed by atoms with van der Waals surface area (Å²) in [7, 11) is 0. The molecule has 1 N–H and O–H groups in total. The molecule has 1 aliphatic heterocycles. The lowest BCUT2D eigenvalue weighted by molar-refractivity contribution is -0.140. The Morgan fingerprint density at radius 2 is 1.72 bits per heavy atom. The molecular formula is C20H22N2O3. The predicted molar refractivity (Wildman–Crippen MR) is 93.8 cm³/mol. The molecule has 1 aromatic carbocycles. The normalized spacial score (nSPS) is 24.4. The molecule has 3 amide bonds. The molecule has 5 heteroatoms. The van der Waals surface area contributed by atoms with Gasteiger partial charge in [0.1, 0.15) is 0 Å². The van der Waals surface area contributed by atoms with Crippen molar-refractivity contribution in [1.29, 1.82) is 0 Å². The zero-order valence-corrected chi connectivity index (χ0v) is 14.2. The molecule has 0 aromatic heterocycles. The molecule has 25 heavy (non-hydrogen) atoms. The van der Waals surface area contributed by atoms with Gasteiger partial charge >= 0.3 is 0 Å². The van der Waals surface area contributed by atoms with Gasteiger partial charge in [-0.25, -0.2) is 0 Å². The lowest BCUT2D eigenvalue weighted by Crippen LogP contribution is -2.34. The van der Waals surface area contributed by atoms with Crippen molar-refractivity contribution in [3.05, 3.63) is 41.5 Å². The van der Waals surface area contributed by atoms with Crippen molar-refractivity contribution >= 4 is 23.4 Å². The Morgan fingerprint density at radius 1 is 1.04 bits per heavy atom. The van der Waals surface area contributed by atoms with E-state index in [0.29, 0.717) is 12.8 Å². The zero-order chi connectivity index (χ0) is 17.4. The van der Waals surface area contributed by atoms with Gasteiger partial charge in [-0.1, -0.05) is 18.2 Å². The van der Waals surface area contributed by atoms with Crippen molar-refractivity contribution in [2.24, 2.45) is 11.8 Å². The topological polar surface area (TPSA) is 66.5 Å². The Balaban J connectivity index is 1.34. The summed E-state index contributed by atoms with van der Waals surface area (Å²) in [5.41, 5.74) is 3.46. The van der Waals surface area contributed by atoms with E-state index < -0.39 is 0 Å². The van der Waals surface area contributed by atoms with Crippen LogP contribution in [0.4, 0.5) is 5.69 Å². The number of carbonyl (C=O) groups excluding carboxylic acids is 3. The van der Waals surface area contributed by atoms with Crippen LogP contribution in [0.1, 0.15) is 36.8 Å². The second-order valence-corrected chi connectivity index (χ2v) is 7.12. The molecule has 4 rings (SSSR count). The highest BCUT2D eigenvalue weighted by molar-refractivity contribution is 6.05. The monoisotopic (exact) mass is 338 g/mol. The van der Waals surface area contributed by atoms with Crippen LogP contribution >= 0.6 is 0 Å². The standard InChI is InChI=1S/C20H22N2O3/c23-18(21-15-9-8-13-4-3-5-14(13)12-15)10-11-22-19(24)16-6-1-2-7-17(16)20(22)25/h1-2,8-9,12,16-17H,3-7,10-11H2,(H,21,23). The first-order valence-electron chi connectivity index (χ1n) is 9.05. The van der Waals surface area contributed by atoms with Gasteiger partial charge in [0.05, 0.1) is 11.8 Å². The Morgan fingerprint density at radius 3 is 2.44 bits per heavy atom. The van der Waals surface area contributed by atoms with E-state index in [4.69, 9.17) is 0 Å². The summed E-state index contributed by atoms with van der Waals surface area (Å²) in [6.45, 7) is 0.168. The van der Waals surface area contributed by atoms with Crippen LogP contribution in [0.5, 0.6) is 0 Å². The van der Waals surface area contributed by atoms with Crippen molar-refractivity contribution in [2.75, 3.05) is 11.9 Å². The van der Waals surface area contributed by atoms with Crippen LogP contribution < -0.4 is 5.32 Å². The molecule has 0 spiro atoms. The largest absolute Gasteiger partial charge is 0.326 e. The molecule has 2 aliphatic carbocycles. The summed E-state index contributed by atoms with van der Waals surface area (Å²) in [6.07, 6.45) is 8.68. The van der Waals surface area contributed by atoms with E-state index in [1.165, 1.54) is 22.4 Å². The number of carbonyl (C=O) groups is 3. The lowest BCUT2D eigenvalue weighted by atomic mass is 9.85. The van der Waals surface area contributed by atoms with Crippen LogP contribution in [0.2, 0.25) is 0 Å². The molecule has 1 heterocycles. The number of fused-ring (bicyclic) bond motifs is 2. The fourth-order valence-corrected chi connectivity index (χ4v) is 4.18. The maximum absolute atomic E-state index is 12.4. The van der Waals surface area contributed by atoms with Gasteiger partial charge in [0.25, 0.3) is 0 Å². The number of amides is 3. The van der Waals surface area contributed by atoms with E-state index in [9.17, 15) is 14.4 Å². The van der Waals surface area contributed by atoms with E-state index in [0.717, 1.165) is 18.5 Å². The number of nitrogens with zero attached hydrogens (tertiary/aromatic N) is 1. The smallest absolute Gasteiger partial charge is 0.233 e. The van der Waals surface area contributed by atoms with Crippen LogP contribution in [0.3, 0.4) is 0 Å². The fraction of sp³-hybridized carbons (Fsp3) is 0.450. The number of likely N-dealkylation sites (tertiary alicyclic amines) is 1. The van der Waals surface area contributed by atoms with Crippen molar-refractivity contribution in [3.8, 4) is 0 Å². The second-order valence-electron chi connectivity index (χ2n) is 7.12. The summed E-state index contributed by atoms with van der Waals surface area (Å²) in [5, 5.41) is 2.89. The first kappa shape index (κ1) is 16.1. The average Bonchev–Trinajstić information content (AvgIpc) is 3.17. The van der Waals surface area contributed by atoms with E-state index in [2.05, 4.69) is 11.4 Å². The molecule has 0 saturated carbocycles. The average molecular weight is 338 g/mol. The van der Waals surface area contributed by atoms with Crippen molar-refractivity contribution < 1.29 is 14.4 Å². The van der Waals surface area contributed by atoms with E-state index in [-0.39, 0.29) is 42.5 Å². The first-order valence-corrected chi connectivity index (χ1v) is 9.05. The van der Waals surface area contributed by atoms with Gasteiger partial charge < -0.3 is 5.32 Å². The second kappa shape index (κ2) is 6.47. The fourth-order valence-electron chi connectivity index (χ4n) is 4.18. The molecule has 2 atom stereocenters. The van der Waals surface area contributed by atoms with Gasteiger partial charge in [0.15, 0.2) is 0 Å². The third kappa shape index (κ3) is 2.99. The van der Waals surface area contributed by atoms with Crippen LogP contribution in [0, 0.1) is 11.8 Å². The summed E-state index contributed by atoms with van der Waals surface area (Å²) >= 11 is 0. The lowest BCUT2D eigenvalue weighted by Gasteiger charge is -2.14. The molecule has 0 bridgehead atoms. The molecule has 0 radical (unpaired) electrons. The van der Waals surface area contributed by atoms with Gasteiger partial charge in [-0.05, 0) is 55.4 Å². The highest BCUT2D eigenvalue weighted by Crippen LogP contribution is 2.35. The molecule has 1 aromatic rings. The van der Waals surface area contributed by atoms with Gasteiger partial charge in [-0.3, -0.25) is 19.3 Å². The number of allylic oxidation sites excluding steroid dienone is 2. The van der Waals surface area contributed by atoms with Crippen LogP contribution in [-0.4, -0.2) is 29.2 Å². The molecule has 2 unspecified atom stereocenters. The quantitative estimate of drug-likeness (QED) is 0.677. The van der Waals surface area contributed by atoms with E-state index in [1.807, 2.05) is 24.3 Å². The van der Waals surface area contributed by atoms with Gasteiger partial charge in [-0.15, -0.1) is 0 Å². The van der Waals surface area contributed by atoms with Crippen molar-refractivity contribution in [2.45, 2.75) is 38.5 Å². The zero-order valence-electron chi connectivity index (χ0n) is 14.2. The Labute approximate surface area is 147 Å². The van der Waals surface area contributed by atoms with E-state index in [1.54, 1.807) is 0 Å². The Kier molecular flexibility index (Phi) is 4.15. The number of aryl methyl sites for hydroxylation is 2. The number of benzene rings is 1. The minimum absolute atomic E-state index is 0.121. The molecule has 1 fully saturated rings. The summed E-state index contributed by atoms with van der Waals surface area (Å²) in [6, 6.07) is 6.03. The predicted octanol–water partition coefficient (Wildman–Crippen LogP) is 2.46. The summed E-state index contributed by atoms with van der Waals surface area (Å²) in [5.74, 6) is -0.851. The molecule has 130 valence electrons. The maximum Gasteiger partial charge on any atom is 0.233 e. The number of rotatable bonds is 4. The highest BCUT2D eigenvalue weighted by Gasteiger charge is 2.46. The molecule has 5 nitrogen and oxygen atoms in total. The minimum atomic E-state index is -0.225. The van der Waals surface area contributed by atoms with E-state index >= 15 is 0 Å². The third-order valence-electron chi connectivity index (χ3n) is 5.54. The van der Waals surface area contributed by atoms with Gasteiger partial charge in [0, 0.05) is 18.7 Å². The number of imide groups is 1. The molecular weight excluding hydrogens is 316 g/mol. The van der Waals surface area contributed by atoms with Gasteiger partial charge in [0.2, 0.25) is 17.7 Å². The first-order chi connectivity index (χ1) is 12.1. The van der Waals surface area contributed by atoms with Gasteiger partial charge in [-0.2, -0.15) is 0 Å². The number of nitrogens with one attached hydrogen (secondary N) is 1. The van der Waals surface area contributed by atoms with Crippen LogP contribution in [0.15, 0.2) is 30.4 Å². The number of hydrogen-bond acceptors (Lipinski definition) is 3. The van der Waals surface area contributed by atoms with Crippen LogP contribution in [-0.2, 0) is 27.2 Å². The van der Waals surface area contributed by atoms with Crippen LogP contribution in [0.25, 0.3) is 0 Å². The summed E-state index contributed by atoms with van der Waals surface area (Å²) in [4.78, 5) is 38.3. The van der Waals surface area contributed by atoms with Crippen molar-refractivity contribution in [3.63, 3.8) is 0 Å². The molecule has 1 saturated heterocycles. The maximum atomic E-state index is 12.4. The third-order valence-corrected chi connectivity index (χ3v) is 5.54.